The molecule has 5 rings (SSSR count). The zero-order valence-electron chi connectivity index (χ0n) is 21.1. The van der Waals surface area contributed by atoms with Crippen molar-refractivity contribution in [2.75, 3.05) is 59.2 Å². The van der Waals surface area contributed by atoms with E-state index in [-0.39, 0.29) is 11.8 Å². The number of carbonyl (C=O) groups excluding carboxylic acids is 2. The maximum Gasteiger partial charge on any atom is 0.254 e. The molecular weight excluding hydrogens is 458 g/mol. The number of amides is 2. The van der Waals surface area contributed by atoms with Crippen molar-refractivity contribution in [2.24, 2.45) is 0 Å². The Morgan fingerprint density at radius 2 is 1.75 bits per heavy atom. The van der Waals surface area contributed by atoms with Crippen molar-refractivity contribution >= 4 is 11.8 Å². The first-order valence-electron chi connectivity index (χ1n) is 13.0. The standard InChI is InChI=1S/C28H35N3O5/c1-3-35-23-17-19-9-11-31-26(22(19)18-24(23)36-4-2)25(20-7-5-6-8-21(20)28(31)33)27(32)29-10-12-30-13-15-34-16-14-30/h5-8,17-18,25-26H,3-4,9-16H2,1-2H3,(H,29,32)/t25-,26+/m1/s1. The zero-order chi connectivity index (χ0) is 25.1. The van der Waals surface area contributed by atoms with Crippen LogP contribution in [0.25, 0.3) is 0 Å². The molecule has 0 bridgehead atoms. The van der Waals surface area contributed by atoms with E-state index < -0.39 is 12.0 Å². The summed E-state index contributed by atoms with van der Waals surface area (Å²) in [5.74, 6) is 0.775. The molecule has 8 nitrogen and oxygen atoms in total. The van der Waals surface area contributed by atoms with E-state index in [1.807, 2.05) is 55.1 Å². The van der Waals surface area contributed by atoms with Gasteiger partial charge in [-0.15, -0.1) is 0 Å². The van der Waals surface area contributed by atoms with Crippen LogP contribution in [-0.4, -0.2) is 80.8 Å². The molecule has 3 aliphatic heterocycles. The third-order valence-corrected chi connectivity index (χ3v) is 7.30. The van der Waals surface area contributed by atoms with Crippen LogP contribution in [0, 0.1) is 0 Å². The second-order valence-electron chi connectivity index (χ2n) is 9.37. The third-order valence-electron chi connectivity index (χ3n) is 7.30. The summed E-state index contributed by atoms with van der Waals surface area (Å²) in [6, 6.07) is 11.1. The van der Waals surface area contributed by atoms with E-state index in [0.29, 0.717) is 49.8 Å². The van der Waals surface area contributed by atoms with Crippen molar-refractivity contribution in [2.45, 2.75) is 32.2 Å². The Hall–Kier alpha value is -3.10. The van der Waals surface area contributed by atoms with Gasteiger partial charge in [0.25, 0.3) is 5.91 Å². The summed E-state index contributed by atoms with van der Waals surface area (Å²) >= 11 is 0. The van der Waals surface area contributed by atoms with Crippen molar-refractivity contribution in [3.05, 3.63) is 58.7 Å². The van der Waals surface area contributed by atoms with Gasteiger partial charge in [0.15, 0.2) is 11.5 Å². The predicted molar refractivity (Wildman–Crippen MR) is 136 cm³/mol. The van der Waals surface area contributed by atoms with Crippen LogP contribution >= 0.6 is 0 Å². The molecule has 192 valence electrons. The number of fused-ring (bicyclic) bond motifs is 4. The van der Waals surface area contributed by atoms with E-state index >= 15 is 0 Å². The lowest BCUT2D eigenvalue weighted by Gasteiger charge is -2.45. The monoisotopic (exact) mass is 493 g/mol. The van der Waals surface area contributed by atoms with Gasteiger partial charge < -0.3 is 24.4 Å². The second kappa shape index (κ2) is 10.9. The highest BCUT2D eigenvalue weighted by molar-refractivity contribution is 6.01. The Morgan fingerprint density at radius 3 is 2.50 bits per heavy atom. The van der Waals surface area contributed by atoms with Crippen LogP contribution in [-0.2, 0) is 16.0 Å². The van der Waals surface area contributed by atoms with E-state index in [4.69, 9.17) is 14.2 Å². The van der Waals surface area contributed by atoms with Gasteiger partial charge in [-0.25, -0.2) is 0 Å². The van der Waals surface area contributed by atoms with Gasteiger partial charge in [0, 0.05) is 38.3 Å². The Morgan fingerprint density at radius 1 is 1.03 bits per heavy atom. The van der Waals surface area contributed by atoms with Crippen molar-refractivity contribution in [1.29, 1.82) is 0 Å². The fourth-order valence-electron chi connectivity index (χ4n) is 5.63. The highest BCUT2D eigenvalue weighted by Gasteiger charge is 2.46. The third kappa shape index (κ3) is 4.67. The molecule has 0 unspecified atom stereocenters. The molecular formula is C28H35N3O5. The predicted octanol–water partition coefficient (Wildman–Crippen LogP) is 2.77. The van der Waals surface area contributed by atoms with Gasteiger partial charge in [-0.05, 0) is 55.2 Å². The molecule has 2 amide bonds. The lowest BCUT2D eigenvalue weighted by atomic mass is 9.75. The number of ether oxygens (including phenoxy) is 3. The van der Waals surface area contributed by atoms with E-state index in [1.54, 1.807) is 0 Å². The van der Waals surface area contributed by atoms with Crippen LogP contribution in [0.3, 0.4) is 0 Å². The van der Waals surface area contributed by atoms with Gasteiger partial charge in [0.05, 0.1) is 38.4 Å². The number of benzene rings is 2. The first-order chi connectivity index (χ1) is 17.6. The zero-order valence-corrected chi connectivity index (χ0v) is 21.1. The molecule has 0 aromatic heterocycles. The first-order valence-corrected chi connectivity index (χ1v) is 13.0. The number of nitrogens with zero attached hydrogens (tertiary/aromatic N) is 2. The minimum atomic E-state index is -0.505. The second-order valence-corrected chi connectivity index (χ2v) is 9.37. The Balaban J connectivity index is 1.49. The fraction of sp³-hybridized carbons (Fsp3) is 0.500. The molecule has 2 atom stereocenters. The lowest BCUT2D eigenvalue weighted by Crippen LogP contribution is -2.50. The molecule has 0 spiro atoms. The topological polar surface area (TPSA) is 80.3 Å². The summed E-state index contributed by atoms with van der Waals surface area (Å²) in [5.41, 5.74) is 3.46. The van der Waals surface area contributed by atoms with E-state index in [2.05, 4.69) is 10.2 Å². The van der Waals surface area contributed by atoms with Crippen molar-refractivity contribution in [3.8, 4) is 11.5 Å². The Labute approximate surface area is 212 Å². The molecule has 1 fully saturated rings. The van der Waals surface area contributed by atoms with E-state index in [9.17, 15) is 9.59 Å². The van der Waals surface area contributed by atoms with Crippen LogP contribution in [0.15, 0.2) is 36.4 Å². The van der Waals surface area contributed by atoms with E-state index in [0.717, 1.165) is 49.5 Å². The molecule has 1 N–H and O–H groups in total. The largest absolute Gasteiger partial charge is 0.490 e. The number of rotatable bonds is 8. The molecule has 2 aromatic carbocycles. The molecule has 0 saturated carbocycles. The van der Waals surface area contributed by atoms with Gasteiger partial charge in [0.2, 0.25) is 5.91 Å². The van der Waals surface area contributed by atoms with Crippen LogP contribution in [0.1, 0.15) is 52.9 Å². The maximum atomic E-state index is 13.8. The van der Waals surface area contributed by atoms with Crippen molar-refractivity contribution in [3.63, 3.8) is 0 Å². The van der Waals surface area contributed by atoms with Crippen LogP contribution < -0.4 is 14.8 Å². The average Bonchev–Trinajstić information content (AvgIpc) is 2.90. The molecule has 2 aromatic rings. The van der Waals surface area contributed by atoms with Gasteiger partial charge in [-0.2, -0.15) is 0 Å². The molecule has 0 radical (unpaired) electrons. The van der Waals surface area contributed by atoms with Crippen molar-refractivity contribution < 1.29 is 23.8 Å². The van der Waals surface area contributed by atoms with E-state index in [1.165, 1.54) is 0 Å². The average molecular weight is 494 g/mol. The van der Waals surface area contributed by atoms with Crippen LogP contribution in [0.2, 0.25) is 0 Å². The molecule has 3 aliphatic rings. The number of hydrogen-bond donors (Lipinski definition) is 1. The first kappa shape index (κ1) is 24.6. The van der Waals surface area contributed by atoms with Gasteiger partial charge in [-0.3, -0.25) is 14.5 Å². The highest BCUT2D eigenvalue weighted by Crippen LogP contribution is 2.48. The summed E-state index contributed by atoms with van der Waals surface area (Å²) in [5, 5.41) is 3.18. The summed E-state index contributed by atoms with van der Waals surface area (Å²) in [7, 11) is 0. The number of morpholine rings is 1. The Bertz CT molecular complexity index is 1110. The quantitative estimate of drug-likeness (QED) is 0.609. The minimum absolute atomic E-state index is 0.0227. The molecule has 8 heteroatoms. The van der Waals surface area contributed by atoms with Gasteiger partial charge in [-0.1, -0.05) is 18.2 Å². The molecule has 3 heterocycles. The smallest absolute Gasteiger partial charge is 0.254 e. The maximum absolute atomic E-state index is 13.8. The van der Waals surface area contributed by atoms with Crippen LogP contribution in [0.4, 0.5) is 0 Å². The minimum Gasteiger partial charge on any atom is -0.490 e. The lowest BCUT2D eigenvalue weighted by molar-refractivity contribution is -0.124. The van der Waals surface area contributed by atoms with Gasteiger partial charge in [0.1, 0.15) is 0 Å². The normalized spacial score (nSPS) is 21.3. The Kier molecular flexibility index (Phi) is 7.43. The number of carbonyl (C=O) groups is 2. The van der Waals surface area contributed by atoms with Crippen LogP contribution in [0.5, 0.6) is 11.5 Å². The fourth-order valence-corrected chi connectivity index (χ4v) is 5.63. The summed E-state index contributed by atoms with van der Waals surface area (Å²) < 4.78 is 17.2. The number of hydrogen-bond acceptors (Lipinski definition) is 6. The highest BCUT2D eigenvalue weighted by atomic mass is 16.5. The number of nitrogens with one attached hydrogen (secondary N) is 1. The van der Waals surface area contributed by atoms with Gasteiger partial charge >= 0.3 is 0 Å². The molecule has 0 aliphatic carbocycles. The SMILES string of the molecule is CCOc1cc2c(cc1OCC)[C@H]1[C@H](C(=O)NCCN3CCOCC3)c3ccccc3C(=O)N1CC2. The summed E-state index contributed by atoms with van der Waals surface area (Å²) in [6.45, 7) is 10.0. The van der Waals surface area contributed by atoms with Crippen molar-refractivity contribution in [1.82, 2.24) is 15.1 Å². The summed E-state index contributed by atoms with van der Waals surface area (Å²) in [6.07, 6.45) is 0.706. The summed E-state index contributed by atoms with van der Waals surface area (Å²) in [4.78, 5) is 31.5. The molecule has 36 heavy (non-hydrogen) atoms. The molecule has 1 saturated heterocycles.